The number of nitrogens with zero attached hydrogens (tertiary/aromatic N) is 3. The zero-order valence-corrected chi connectivity index (χ0v) is 21.5. The number of hydrogen-bond donors (Lipinski definition) is 1. The van der Waals surface area contributed by atoms with Crippen LogP contribution in [0.25, 0.3) is 0 Å². The number of ether oxygens (including phenoxy) is 2. The summed E-state index contributed by atoms with van der Waals surface area (Å²) in [4.78, 5) is 6.81. The van der Waals surface area contributed by atoms with Crippen molar-refractivity contribution in [3.63, 3.8) is 0 Å². The normalized spacial score (nSPS) is 16.9. The Kier molecular flexibility index (Phi) is 6.54. The Bertz CT molecular complexity index is 1500. The van der Waals surface area contributed by atoms with Gasteiger partial charge in [0.25, 0.3) is 0 Å². The van der Waals surface area contributed by atoms with Crippen LogP contribution in [0.15, 0.2) is 114 Å². The lowest BCUT2D eigenvalue weighted by Crippen LogP contribution is -2.30. The maximum Gasteiger partial charge on any atom is 0.174 e. The van der Waals surface area contributed by atoms with Crippen LogP contribution in [0.1, 0.15) is 29.2 Å². The molecular formula is C30H26N4O3S. The summed E-state index contributed by atoms with van der Waals surface area (Å²) < 4.78 is 19.1. The molecule has 1 saturated heterocycles. The second kappa shape index (κ2) is 10.4. The SMILES string of the molecule is COc1ccc(Oc2ccc(N3C(=S)N[C@H](c4ccccn4)[C@@H]3c3cccn3Cc3ccco3)cc2)cc1. The van der Waals surface area contributed by atoms with Crippen molar-refractivity contribution in [2.75, 3.05) is 12.0 Å². The molecule has 2 atom stereocenters. The minimum absolute atomic E-state index is 0.129. The molecule has 8 heteroatoms. The van der Waals surface area contributed by atoms with Crippen molar-refractivity contribution >= 4 is 23.0 Å². The average molecular weight is 523 g/mol. The van der Waals surface area contributed by atoms with Gasteiger partial charge in [-0.15, -0.1) is 0 Å². The van der Waals surface area contributed by atoms with Gasteiger partial charge in [0.2, 0.25) is 0 Å². The molecule has 1 N–H and O–H groups in total. The van der Waals surface area contributed by atoms with Gasteiger partial charge in [-0.2, -0.15) is 0 Å². The number of pyridine rings is 1. The molecule has 2 aromatic carbocycles. The van der Waals surface area contributed by atoms with Crippen molar-refractivity contribution in [1.29, 1.82) is 0 Å². The lowest BCUT2D eigenvalue weighted by Gasteiger charge is -2.29. The van der Waals surface area contributed by atoms with Crippen LogP contribution in [0, 0.1) is 0 Å². The number of thiocarbonyl (C=S) groups is 1. The van der Waals surface area contributed by atoms with Gasteiger partial charge in [-0.05, 0) is 97.1 Å². The van der Waals surface area contributed by atoms with E-state index in [-0.39, 0.29) is 12.1 Å². The molecule has 38 heavy (non-hydrogen) atoms. The van der Waals surface area contributed by atoms with Crippen molar-refractivity contribution in [2.24, 2.45) is 0 Å². The first-order valence-corrected chi connectivity index (χ1v) is 12.7. The highest BCUT2D eigenvalue weighted by Gasteiger charge is 2.42. The molecule has 5 aromatic rings. The molecule has 1 fully saturated rings. The molecule has 0 aliphatic carbocycles. The number of hydrogen-bond acceptors (Lipinski definition) is 5. The third-order valence-electron chi connectivity index (χ3n) is 6.58. The molecule has 6 rings (SSSR count). The first-order chi connectivity index (χ1) is 18.7. The van der Waals surface area contributed by atoms with E-state index >= 15 is 0 Å². The second-order valence-electron chi connectivity index (χ2n) is 8.91. The molecule has 7 nitrogen and oxygen atoms in total. The maximum atomic E-state index is 6.04. The van der Waals surface area contributed by atoms with E-state index in [4.69, 9.17) is 26.1 Å². The summed E-state index contributed by atoms with van der Waals surface area (Å²) in [6.45, 7) is 0.621. The molecule has 4 heterocycles. The Morgan fingerprint density at radius 3 is 2.34 bits per heavy atom. The Hall–Kier alpha value is -4.56. The monoisotopic (exact) mass is 522 g/mol. The van der Waals surface area contributed by atoms with E-state index in [0.29, 0.717) is 11.7 Å². The Morgan fingerprint density at radius 2 is 1.66 bits per heavy atom. The summed E-state index contributed by atoms with van der Waals surface area (Å²) >= 11 is 5.89. The van der Waals surface area contributed by atoms with Gasteiger partial charge in [0.05, 0.1) is 31.7 Å². The fraction of sp³-hybridized carbons (Fsp3) is 0.133. The summed E-state index contributed by atoms with van der Waals surface area (Å²) in [6, 6.07) is 29.2. The first kappa shape index (κ1) is 23.8. The van der Waals surface area contributed by atoms with E-state index in [1.165, 1.54) is 0 Å². The van der Waals surface area contributed by atoms with Gasteiger partial charge in [-0.3, -0.25) is 4.98 Å². The zero-order valence-electron chi connectivity index (χ0n) is 20.7. The van der Waals surface area contributed by atoms with Crippen LogP contribution in [0.3, 0.4) is 0 Å². The second-order valence-corrected chi connectivity index (χ2v) is 9.30. The largest absolute Gasteiger partial charge is 0.497 e. The predicted octanol–water partition coefficient (Wildman–Crippen LogP) is 6.50. The molecule has 0 amide bonds. The van der Waals surface area contributed by atoms with Crippen molar-refractivity contribution in [2.45, 2.75) is 18.6 Å². The van der Waals surface area contributed by atoms with Gasteiger partial charge in [0.15, 0.2) is 5.11 Å². The fourth-order valence-electron chi connectivity index (χ4n) is 4.80. The molecule has 0 saturated carbocycles. The molecule has 0 spiro atoms. The molecule has 190 valence electrons. The fourth-order valence-corrected chi connectivity index (χ4v) is 5.14. The maximum absolute atomic E-state index is 6.04. The van der Waals surface area contributed by atoms with E-state index in [1.54, 1.807) is 13.4 Å². The topological polar surface area (TPSA) is 64.7 Å². The van der Waals surface area contributed by atoms with Gasteiger partial charge < -0.3 is 28.7 Å². The molecule has 0 bridgehead atoms. The van der Waals surface area contributed by atoms with E-state index in [2.05, 4.69) is 38.1 Å². The third-order valence-corrected chi connectivity index (χ3v) is 6.90. The highest BCUT2D eigenvalue weighted by atomic mass is 32.1. The van der Waals surface area contributed by atoms with Crippen LogP contribution in [0.2, 0.25) is 0 Å². The number of methoxy groups -OCH3 is 1. The quantitative estimate of drug-likeness (QED) is 0.233. The molecule has 3 aromatic heterocycles. The Balaban J connectivity index is 1.33. The number of nitrogens with one attached hydrogen (secondary N) is 1. The lowest BCUT2D eigenvalue weighted by atomic mass is 10.0. The summed E-state index contributed by atoms with van der Waals surface area (Å²) in [5.74, 6) is 3.14. The average Bonchev–Trinajstić information content (AvgIpc) is 3.71. The smallest absolute Gasteiger partial charge is 0.174 e. The highest BCUT2D eigenvalue weighted by molar-refractivity contribution is 7.80. The number of aromatic nitrogens is 2. The Labute approximate surface area is 226 Å². The third kappa shape index (κ3) is 4.73. The standard InChI is InChI=1S/C30H26N4O3S/c1-35-22-13-15-24(16-14-22)37-23-11-9-21(10-12-23)34-29(28(32-30(34)38)26-7-2-3-17-31-26)27-8-4-18-33(27)20-25-6-5-19-36-25/h2-19,28-29H,20H2,1H3,(H,32,38)/t28-,29+/m1/s1. The van der Waals surface area contributed by atoms with Crippen molar-refractivity contribution in [3.05, 3.63) is 127 Å². The molecule has 1 aliphatic heterocycles. The lowest BCUT2D eigenvalue weighted by molar-refractivity contribution is 0.413. The van der Waals surface area contributed by atoms with E-state index in [0.717, 1.165) is 40.1 Å². The van der Waals surface area contributed by atoms with Gasteiger partial charge >= 0.3 is 0 Å². The van der Waals surface area contributed by atoms with Gasteiger partial charge in [0, 0.05) is 23.8 Å². The van der Waals surface area contributed by atoms with E-state index in [1.807, 2.05) is 85.1 Å². The zero-order chi connectivity index (χ0) is 25.9. The Morgan fingerprint density at radius 1 is 0.895 bits per heavy atom. The predicted molar refractivity (Wildman–Crippen MR) is 150 cm³/mol. The molecule has 0 unspecified atom stereocenters. The minimum atomic E-state index is -0.135. The summed E-state index contributed by atoms with van der Waals surface area (Å²) in [5, 5.41) is 4.16. The molecule has 1 aliphatic rings. The number of benzene rings is 2. The minimum Gasteiger partial charge on any atom is -0.497 e. The van der Waals surface area contributed by atoms with Crippen LogP contribution in [-0.2, 0) is 6.54 Å². The highest BCUT2D eigenvalue weighted by Crippen LogP contribution is 2.42. The van der Waals surface area contributed by atoms with E-state index < -0.39 is 0 Å². The van der Waals surface area contributed by atoms with Crippen LogP contribution >= 0.6 is 12.2 Å². The van der Waals surface area contributed by atoms with Gasteiger partial charge in [-0.25, -0.2) is 0 Å². The van der Waals surface area contributed by atoms with Crippen LogP contribution in [0.5, 0.6) is 17.2 Å². The number of rotatable bonds is 8. The van der Waals surface area contributed by atoms with Crippen molar-refractivity contribution in [1.82, 2.24) is 14.9 Å². The van der Waals surface area contributed by atoms with Crippen LogP contribution in [0.4, 0.5) is 5.69 Å². The van der Waals surface area contributed by atoms with Crippen LogP contribution < -0.4 is 19.7 Å². The summed E-state index contributed by atoms with van der Waals surface area (Å²) in [6.07, 6.45) is 5.58. The summed E-state index contributed by atoms with van der Waals surface area (Å²) in [7, 11) is 1.64. The first-order valence-electron chi connectivity index (χ1n) is 12.3. The number of furan rings is 1. The summed E-state index contributed by atoms with van der Waals surface area (Å²) in [5.41, 5.74) is 2.98. The van der Waals surface area contributed by atoms with Crippen molar-refractivity contribution < 1.29 is 13.9 Å². The van der Waals surface area contributed by atoms with Crippen molar-refractivity contribution in [3.8, 4) is 17.2 Å². The number of anilines is 1. The van der Waals surface area contributed by atoms with Crippen LogP contribution in [-0.4, -0.2) is 21.8 Å². The van der Waals surface area contributed by atoms with E-state index in [9.17, 15) is 0 Å². The molecular weight excluding hydrogens is 496 g/mol. The molecule has 0 radical (unpaired) electrons. The van der Waals surface area contributed by atoms with Gasteiger partial charge in [0.1, 0.15) is 29.1 Å². The van der Waals surface area contributed by atoms with Gasteiger partial charge in [-0.1, -0.05) is 6.07 Å².